The first-order valence-corrected chi connectivity index (χ1v) is 13.6. The summed E-state index contributed by atoms with van der Waals surface area (Å²) in [6.07, 6.45) is -9.16. The van der Waals surface area contributed by atoms with Crippen molar-refractivity contribution >= 4 is 5.97 Å². The average molecular weight is 599 g/mol. The number of carbonyl (C=O) groups excluding carboxylic acids is 1. The van der Waals surface area contributed by atoms with Gasteiger partial charge in [0.05, 0.1) is 12.5 Å². The number of aliphatic hydroxyl groups is 3. The number of aliphatic hydroxyl groups excluding tert-OH is 3. The van der Waals surface area contributed by atoms with Crippen molar-refractivity contribution in [2.45, 2.75) is 68.6 Å². The van der Waals surface area contributed by atoms with Crippen LogP contribution in [0.2, 0.25) is 0 Å². The first-order chi connectivity index (χ1) is 20.4. The van der Waals surface area contributed by atoms with Crippen LogP contribution in [-0.2, 0) is 20.7 Å². The molecule has 5 unspecified atom stereocenters. The zero-order valence-electron chi connectivity index (χ0n) is 22.7. The Kier molecular flexibility index (Phi) is 7.22. The molecule has 3 aliphatic rings. The number of esters is 1. The lowest BCUT2D eigenvalue weighted by molar-refractivity contribution is -0.310. The first kappa shape index (κ1) is 28.8. The molecule has 8 N–H and O–H groups in total. The fourth-order valence-corrected chi connectivity index (χ4v) is 5.83. The molecule has 0 spiro atoms. The Bertz CT molecular complexity index is 1570. The molecule has 13 heteroatoms. The van der Waals surface area contributed by atoms with Gasteiger partial charge in [0.15, 0.2) is 35.4 Å². The SMILES string of the molecule is CC1OC(O[C@H]2Cc3c(O)cc4c(c3O[C@@H]2c2ccc(O)c(O)c2)[C@H](c2ccc(O)c(O)c2)CC(=O)O4)C(O)C(O)C1O. The predicted octanol–water partition coefficient (Wildman–Crippen LogP) is 1.54. The van der Waals surface area contributed by atoms with Crippen LogP contribution in [0.15, 0.2) is 42.5 Å². The third-order valence-electron chi connectivity index (χ3n) is 8.14. The van der Waals surface area contributed by atoms with Gasteiger partial charge in [-0.15, -0.1) is 0 Å². The predicted molar refractivity (Wildman–Crippen MR) is 144 cm³/mol. The number of rotatable bonds is 4. The number of carbonyl (C=O) groups is 1. The second-order valence-corrected chi connectivity index (χ2v) is 10.9. The van der Waals surface area contributed by atoms with Gasteiger partial charge in [-0.25, -0.2) is 0 Å². The quantitative estimate of drug-likeness (QED) is 0.122. The van der Waals surface area contributed by atoms with Crippen molar-refractivity contribution in [3.8, 4) is 40.2 Å². The maximum atomic E-state index is 12.6. The summed E-state index contributed by atoms with van der Waals surface area (Å²) in [4.78, 5) is 12.6. The van der Waals surface area contributed by atoms with Crippen LogP contribution in [0.5, 0.6) is 40.2 Å². The van der Waals surface area contributed by atoms with Crippen molar-refractivity contribution in [3.05, 3.63) is 64.7 Å². The van der Waals surface area contributed by atoms with Crippen molar-refractivity contribution in [3.63, 3.8) is 0 Å². The molecule has 6 rings (SSSR count). The normalized spacial score (nSPS) is 30.1. The van der Waals surface area contributed by atoms with Gasteiger partial charge >= 0.3 is 5.97 Å². The smallest absolute Gasteiger partial charge is 0.312 e. The number of fused-ring (bicyclic) bond motifs is 3. The Morgan fingerprint density at radius 3 is 2.09 bits per heavy atom. The topological polar surface area (TPSA) is 216 Å². The van der Waals surface area contributed by atoms with E-state index < -0.39 is 66.3 Å². The molecule has 43 heavy (non-hydrogen) atoms. The van der Waals surface area contributed by atoms with Gasteiger partial charge in [-0.05, 0) is 42.3 Å². The molecule has 0 aliphatic carbocycles. The summed E-state index contributed by atoms with van der Waals surface area (Å²) in [5.41, 5.74) is 1.42. The minimum Gasteiger partial charge on any atom is -0.507 e. The minimum atomic E-state index is -1.63. The summed E-state index contributed by atoms with van der Waals surface area (Å²) in [6.45, 7) is 1.50. The summed E-state index contributed by atoms with van der Waals surface area (Å²) < 4.78 is 23.7. The molecule has 0 radical (unpaired) electrons. The van der Waals surface area contributed by atoms with E-state index in [0.717, 1.165) is 0 Å². The van der Waals surface area contributed by atoms with Gasteiger partial charge in [-0.1, -0.05) is 12.1 Å². The maximum Gasteiger partial charge on any atom is 0.312 e. The fraction of sp³-hybridized carbons (Fsp3) is 0.367. The molecular formula is C30H30O13. The number of phenolic OH excluding ortho intramolecular Hbond substituents is 5. The van der Waals surface area contributed by atoms with Crippen molar-refractivity contribution < 1.29 is 64.6 Å². The summed E-state index contributed by atoms with van der Waals surface area (Å²) in [6, 6.07) is 9.38. The second-order valence-electron chi connectivity index (χ2n) is 10.9. The largest absolute Gasteiger partial charge is 0.507 e. The second kappa shape index (κ2) is 10.8. The Hall–Kier alpha value is -4.27. The van der Waals surface area contributed by atoms with Gasteiger partial charge in [0.25, 0.3) is 0 Å². The Labute approximate surface area is 244 Å². The van der Waals surface area contributed by atoms with Crippen LogP contribution in [0, 0.1) is 0 Å². The molecule has 3 aromatic carbocycles. The van der Waals surface area contributed by atoms with E-state index in [1.54, 1.807) is 0 Å². The van der Waals surface area contributed by atoms with E-state index in [2.05, 4.69) is 0 Å². The molecule has 0 bridgehead atoms. The van der Waals surface area contributed by atoms with Gasteiger partial charge in [0, 0.05) is 29.5 Å². The van der Waals surface area contributed by atoms with Crippen molar-refractivity contribution in [2.24, 2.45) is 0 Å². The lowest BCUT2D eigenvalue weighted by Crippen LogP contribution is -2.58. The van der Waals surface area contributed by atoms with Crippen LogP contribution in [0.3, 0.4) is 0 Å². The first-order valence-electron chi connectivity index (χ1n) is 13.6. The lowest BCUT2D eigenvalue weighted by atomic mass is 9.82. The lowest BCUT2D eigenvalue weighted by Gasteiger charge is -2.43. The number of ether oxygens (including phenoxy) is 4. The monoisotopic (exact) mass is 598 g/mol. The zero-order valence-corrected chi connectivity index (χ0v) is 22.7. The molecule has 3 heterocycles. The highest BCUT2D eigenvalue weighted by molar-refractivity contribution is 5.80. The summed E-state index contributed by atoms with van der Waals surface area (Å²) >= 11 is 0. The standard InChI is InChI=1S/C30H30O13/c1-11-25(37)26(38)27(39)30(40-11)42-22-8-15-18(33)10-21-24(29(15)43-28(22)13-3-5-17(32)20(35)7-13)14(9-23(36)41-21)12-2-4-16(31)19(34)6-12/h2-7,10-11,14,22,25-28,30-35,37-39H,8-9H2,1H3/t11?,14-,22-,25?,26?,27?,28+,30?/m0/s1. The van der Waals surface area contributed by atoms with Crippen LogP contribution in [0.1, 0.15) is 47.6 Å². The number of benzene rings is 3. The molecule has 3 aliphatic heterocycles. The van der Waals surface area contributed by atoms with Gasteiger partial charge in [0.1, 0.15) is 41.7 Å². The summed E-state index contributed by atoms with van der Waals surface area (Å²) in [7, 11) is 0. The van der Waals surface area contributed by atoms with Crippen LogP contribution < -0.4 is 9.47 Å². The van der Waals surface area contributed by atoms with Gasteiger partial charge < -0.3 is 59.8 Å². The van der Waals surface area contributed by atoms with Crippen molar-refractivity contribution in [1.29, 1.82) is 0 Å². The third kappa shape index (κ3) is 5.04. The highest BCUT2D eigenvalue weighted by atomic mass is 16.7. The average Bonchev–Trinajstić information content (AvgIpc) is 2.97. The molecule has 228 valence electrons. The minimum absolute atomic E-state index is 0.0220. The Balaban J connectivity index is 1.46. The van der Waals surface area contributed by atoms with E-state index in [1.165, 1.54) is 49.4 Å². The van der Waals surface area contributed by atoms with Gasteiger partial charge in [0.2, 0.25) is 0 Å². The molecular weight excluding hydrogens is 568 g/mol. The molecule has 8 atom stereocenters. The summed E-state index contributed by atoms with van der Waals surface area (Å²) in [5, 5.41) is 82.3. The number of aromatic hydroxyl groups is 5. The maximum absolute atomic E-state index is 12.6. The van der Waals surface area contributed by atoms with E-state index in [-0.39, 0.29) is 47.2 Å². The van der Waals surface area contributed by atoms with Crippen LogP contribution in [-0.4, -0.2) is 83.6 Å². The van der Waals surface area contributed by atoms with E-state index in [0.29, 0.717) is 16.7 Å². The van der Waals surface area contributed by atoms with Crippen molar-refractivity contribution in [2.75, 3.05) is 0 Å². The molecule has 1 fully saturated rings. The molecule has 1 saturated heterocycles. The van der Waals surface area contributed by atoms with Crippen LogP contribution in [0.4, 0.5) is 0 Å². The molecule has 0 amide bonds. The highest BCUT2D eigenvalue weighted by Crippen LogP contribution is 2.53. The summed E-state index contributed by atoms with van der Waals surface area (Å²) in [5.74, 6) is -3.02. The van der Waals surface area contributed by atoms with Gasteiger partial charge in [-0.3, -0.25) is 4.79 Å². The number of hydrogen-bond acceptors (Lipinski definition) is 13. The van der Waals surface area contributed by atoms with Crippen molar-refractivity contribution in [1.82, 2.24) is 0 Å². The Morgan fingerprint density at radius 2 is 1.42 bits per heavy atom. The molecule has 13 nitrogen and oxygen atoms in total. The molecule has 0 saturated carbocycles. The molecule has 3 aromatic rings. The van der Waals surface area contributed by atoms with E-state index >= 15 is 0 Å². The van der Waals surface area contributed by atoms with Gasteiger partial charge in [-0.2, -0.15) is 0 Å². The third-order valence-corrected chi connectivity index (χ3v) is 8.14. The van der Waals surface area contributed by atoms with Crippen LogP contribution in [0.25, 0.3) is 0 Å². The Morgan fingerprint density at radius 1 is 0.767 bits per heavy atom. The van der Waals surface area contributed by atoms with E-state index in [1.807, 2.05) is 0 Å². The molecule has 0 aromatic heterocycles. The van der Waals surface area contributed by atoms with E-state index in [9.17, 15) is 45.6 Å². The zero-order chi connectivity index (χ0) is 30.7. The van der Waals surface area contributed by atoms with E-state index in [4.69, 9.17) is 18.9 Å². The van der Waals surface area contributed by atoms with Crippen LogP contribution >= 0.6 is 0 Å². The number of hydrogen-bond donors (Lipinski definition) is 8. The number of phenols is 5. The fourth-order valence-electron chi connectivity index (χ4n) is 5.83. The highest BCUT2D eigenvalue weighted by Gasteiger charge is 2.47.